The van der Waals surface area contributed by atoms with Crippen molar-refractivity contribution in [3.05, 3.63) is 66.0 Å². The SMILES string of the molecule is c1ccc2c(CN3CCOCC3c3ccn[nH]3)cccc2c1. The standard InChI is InChI=1S/C18H19N3O/c1-2-7-16-14(4-1)5-3-6-15(16)12-21-10-11-22-13-18(21)17-8-9-19-20-17/h1-9,18H,10-13H2,(H,19,20). The first-order valence-corrected chi connectivity index (χ1v) is 7.69. The number of rotatable bonds is 3. The smallest absolute Gasteiger partial charge is 0.0755 e. The highest BCUT2D eigenvalue weighted by molar-refractivity contribution is 5.85. The van der Waals surface area contributed by atoms with Crippen LogP contribution in [-0.4, -0.2) is 34.9 Å². The Kier molecular flexibility index (Phi) is 3.62. The fourth-order valence-electron chi connectivity index (χ4n) is 3.22. The molecule has 1 aliphatic rings. The largest absolute Gasteiger partial charge is 0.378 e. The van der Waals surface area contributed by atoms with E-state index in [9.17, 15) is 0 Å². The number of morpholine rings is 1. The van der Waals surface area contributed by atoms with Crippen molar-refractivity contribution in [2.75, 3.05) is 19.8 Å². The fourth-order valence-corrected chi connectivity index (χ4v) is 3.22. The van der Waals surface area contributed by atoms with Crippen LogP contribution < -0.4 is 0 Å². The summed E-state index contributed by atoms with van der Waals surface area (Å²) < 4.78 is 5.67. The molecule has 1 unspecified atom stereocenters. The monoisotopic (exact) mass is 293 g/mol. The molecule has 1 atom stereocenters. The van der Waals surface area contributed by atoms with E-state index in [2.05, 4.69) is 57.6 Å². The lowest BCUT2D eigenvalue weighted by Crippen LogP contribution is -2.39. The molecule has 4 heteroatoms. The van der Waals surface area contributed by atoms with Crippen molar-refractivity contribution < 1.29 is 4.74 Å². The van der Waals surface area contributed by atoms with E-state index < -0.39 is 0 Å². The molecule has 1 fully saturated rings. The minimum Gasteiger partial charge on any atom is -0.378 e. The lowest BCUT2D eigenvalue weighted by molar-refractivity contribution is -0.0140. The van der Waals surface area contributed by atoms with Crippen LogP contribution >= 0.6 is 0 Å². The first-order valence-electron chi connectivity index (χ1n) is 7.69. The quantitative estimate of drug-likeness (QED) is 0.806. The average Bonchev–Trinajstić information content (AvgIpc) is 3.10. The van der Waals surface area contributed by atoms with Crippen molar-refractivity contribution in [3.63, 3.8) is 0 Å². The predicted octanol–water partition coefficient (Wildman–Crippen LogP) is 3.14. The normalized spacial score (nSPS) is 19.5. The Hall–Kier alpha value is -2.17. The highest BCUT2D eigenvalue weighted by Crippen LogP contribution is 2.27. The molecule has 2 heterocycles. The molecular formula is C18H19N3O. The second-order valence-electron chi connectivity index (χ2n) is 5.71. The van der Waals surface area contributed by atoms with Crippen LogP contribution in [0.4, 0.5) is 0 Å². The minimum absolute atomic E-state index is 0.246. The van der Waals surface area contributed by atoms with Gasteiger partial charge in [0.1, 0.15) is 0 Å². The molecular weight excluding hydrogens is 274 g/mol. The molecule has 3 aromatic rings. The van der Waals surface area contributed by atoms with Crippen molar-refractivity contribution in [1.82, 2.24) is 15.1 Å². The Labute approximate surface area is 129 Å². The number of hydrogen-bond acceptors (Lipinski definition) is 3. The zero-order valence-electron chi connectivity index (χ0n) is 12.4. The lowest BCUT2D eigenvalue weighted by Gasteiger charge is -2.35. The average molecular weight is 293 g/mol. The molecule has 1 N–H and O–H groups in total. The molecule has 0 saturated carbocycles. The molecule has 4 rings (SSSR count). The first-order chi connectivity index (χ1) is 10.9. The maximum atomic E-state index is 5.67. The second-order valence-corrected chi connectivity index (χ2v) is 5.71. The Bertz CT molecular complexity index is 749. The van der Waals surface area contributed by atoms with Crippen LogP contribution in [-0.2, 0) is 11.3 Å². The van der Waals surface area contributed by atoms with E-state index in [-0.39, 0.29) is 6.04 Å². The van der Waals surface area contributed by atoms with Gasteiger partial charge in [0, 0.05) is 19.3 Å². The van der Waals surface area contributed by atoms with Crippen LogP contribution in [0.5, 0.6) is 0 Å². The summed E-state index contributed by atoms with van der Waals surface area (Å²) in [5.41, 5.74) is 2.49. The number of aromatic amines is 1. The Balaban J connectivity index is 1.65. The third-order valence-corrected chi connectivity index (χ3v) is 4.37. The number of hydrogen-bond donors (Lipinski definition) is 1. The maximum absolute atomic E-state index is 5.67. The van der Waals surface area contributed by atoms with Gasteiger partial charge >= 0.3 is 0 Å². The minimum atomic E-state index is 0.246. The maximum Gasteiger partial charge on any atom is 0.0755 e. The Morgan fingerprint density at radius 1 is 1.14 bits per heavy atom. The van der Waals surface area contributed by atoms with E-state index in [0.29, 0.717) is 6.61 Å². The molecule has 0 radical (unpaired) electrons. The van der Waals surface area contributed by atoms with Gasteiger partial charge in [-0.05, 0) is 22.4 Å². The molecule has 2 aromatic carbocycles. The summed E-state index contributed by atoms with van der Waals surface area (Å²) in [4.78, 5) is 2.47. The molecule has 1 saturated heterocycles. The highest BCUT2D eigenvalue weighted by atomic mass is 16.5. The summed E-state index contributed by atoms with van der Waals surface area (Å²) >= 11 is 0. The number of aromatic nitrogens is 2. The summed E-state index contributed by atoms with van der Waals surface area (Å²) in [5, 5.41) is 9.80. The van der Waals surface area contributed by atoms with Crippen LogP contribution in [0.3, 0.4) is 0 Å². The van der Waals surface area contributed by atoms with Crippen molar-refractivity contribution in [2.45, 2.75) is 12.6 Å². The van der Waals surface area contributed by atoms with E-state index in [1.54, 1.807) is 6.20 Å². The van der Waals surface area contributed by atoms with E-state index in [4.69, 9.17) is 4.74 Å². The van der Waals surface area contributed by atoms with Crippen molar-refractivity contribution in [3.8, 4) is 0 Å². The van der Waals surface area contributed by atoms with Gasteiger partial charge in [0.05, 0.1) is 24.9 Å². The van der Waals surface area contributed by atoms with E-state index in [0.717, 1.165) is 25.4 Å². The molecule has 1 aromatic heterocycles. The topological polar surface area (TPSA) is 41.1 Å². The summed E-state index contributed by atoms with van der Waals surface area (Å²) in [6.07, 6.45) is 1.81. The van der Waals surface area contributed by atoms with Gasteiger partial charge < -0.3 is 4.74 Å². The van der Waals surface area contributed by atoms with E-state index in [1.165, 1.54) is 16.3 Å². The first kappa shape index (κ1) is 13.5. The second kappa shape index (κ2) is 5.91. The number of fused-ring (bicyclic) bond motifs is 1. The summed E-state index contributed by atoms with van der Waals surface area (Å²) in [5.74, 6) is 0. The molecule has 4 nitrogen and oxygen atoms in total. The number of H-pyrrole nitrogens is 1. The summed E-state index contributed by atoms with van der Waals surface area (Å²) in [6.45, 7) is 3.36. The van der Waals surface area contributed by atoms with Crippen molar-refractivity contribution >= 4 is 10.8 Å². The van der Waals surface area contributed by atoms with Gasteiger partial charge in [0.15, 0.2) is 0 Å². The molecule has 1 aliphatic heterocycles. The highest BCUT2D eigenvalue weighted by Gasteiger charge is 2.25. The van der Waals surface area contributed by atoms with Crippen LogP contribution in [0.25, 0.3) is 10.8 Å². The fraction of sp³-hybridized carbons (Fsp3) is 0.278. The number of benzene rings is 2. The summed E-state index contributed by atoms with van der Waals surface area (Å²) in [7, 11) is 0. The molecule has 0 aliphatic carbocycles. The van der Waals surface area contributed by atoms with Crippen molar-refractivity contribution in [2.24, 2.45) is 0 Å². The van der Waals surface area contributed by atoms with Crippen LogP contribution in [0, 0.1) is 0 Å². The van der Waals surface area contributed by atoms with Crippen molar-refractivity contribution in [1.29, 1.82) is 0 Å². The van der Waals surface area contributed by atoms with Crippen LogP contribution in [0.1, 0.15) is 17.3 Å². The number of nitrogens with zero attached hydrogens (tertiary/aromatic N) is 2. The zero-order valence-corrected chi connectivity index (χ0v) is 12.4. The summed E-state index contributed by atoms with van der Waals surface area (Å²) in [6, 6.07) is 17.4. The van der Waals surface area contributed by atoms with Gasteiger partial charge in [-0.1, -0.05) is 42.5 Å². The van der Waals surface area contributed by atoms with Gasteiger partial charge in [-0.25, -0.2) is 0 Å². The molecule has 112 valence electrons. The predicted molar refractivity (Wildman–Crippen MR) is 86.5 cm³/mol. The van der Waals surface area contributed by atoms with E-state index >= 15 is 0 Å². The zero-order chi connectivity index (χ0) is 14.8. The van der Waals surface area contributed by atoms with Gasteiger partial charge in [-0.3, -0.25) is 10.00 Å². The third kappa shape index (κ3) is 2.51. The van der Waals surface area contributed by atoms with Gasteiger partial charge in [-0.15, -0.1) is 0 Å². The Morgan fingerprint density at radius 3 is 2.95 bits per heavy atom. The number of ether oxygens (including phenoxy) is 1. The van der Waals surface area contributed by atoms with Gasteiger partial charge in [0.25, 0.3) is 0 Å². The molecule has 22 heavy (non-hydrogen) atoms. The van der Waals surface area contributed by atoms with Crippen LogP contribution in [0.2, 0.25) is 0 Å². The van der Waals surface area contributed by atoms with Gasteiger partial charge in [-0.2, -0.15) is 5.10 Å². The van der Waals surface area contributed by atoms with Crippen LogP contribution in [0.15, 0.2) is 54.7 Å². The molecule has 0 bridgehead atoms. The van der Waals surface area contributed by atoms with E-state index in [1.807, 2.05) is 6.07 Å². The third-order valence-electron chi connectivity index (χ3n) is 4.37. The lowest BCUT2D eigenvalue weighted by atomic mass is 10.0. The molecule has 0 amide bonds. The molecule has 0 spiro atoms. The van der Waals surface area contributed by atoms with Gasteiger partial charge in [0.2, 0.25) is 0 Å². The number of nitrogens with one attached hydrogen (secondary N) is 1. The Morgan fingerprint density at radius 2 is 2.05 bits per heavy atom.